The lowest BCUT2D eigenvalue weighted by Crippen LogP contribution is -2.51. The second-order valence-corrected chi connectivity index (χ2v) is 8.47. The molecule has 0 saturated carbocycles. The molecule has 3 heterocycles. The van der Waals surface area contributed by atoms with Crippen molar-refractivity contribution in [2.45, 2.75) is 51.6 Å². The number of nitrogens with zero attached hydrogens (tertiary/aromatic N) is 2. The number of likely N-dealkylation sites (tertiary alicyclic amines) is 1. The molecule has 2 saturated heterocycles. The van der Waals surface area contributed by atoms with Crippen LogP contribution in [0, 0.1) is 25.6 Å². The molecule has 162 valence electrons. The number of hydrogen-bond donors (Lipinski definition) is 0. The lowest BCUT2D eigenvalue weighted by atomic mass is 9.78. The van der Waals surface area contributed by atoms with E-state index < -0.39 is 0 Å². The number of carbonyl (C=O) groups is 1. The van der Waals surface area contributed by atoms with E-state index in [1.54, 1.807) is 26.0 Å². The van der Waals surface area contributed by atoms with E-state index in [2.05, 4.69) is 5.16 Å². The molecule has 0 N–H and O–H groups in total. The molecule has 0 aliphatic carbocycles. The van der Waals surface area contributed by atoms with Gasteiger partial charge in [-0.15, -0.1) is 0 Å². The van der Waals surface area contributed by atoms with Crippen LogP contribution in [0.25, 0.3) is 0 Å². The van der Waals surface area contributed by atoms with Gasteiger partial charge in [-0.1, -0.05) is 5.16 Å². The SMILES string of the molecule is Cc1noc(C)c1C(=O)N1CCC2(CC1)CC(CCOc1ccc(F)cc1)CCO2. The van der Waals surface area contributed by atoms with Crippen LogP contribution in [-0.2, 0) is 4.74 Å². The van der Waals surface area contributed by atoms with Crippen molar-refractivity contribution in [1.29, 1.82) is 0 Å². The van der Waals surface area contributed by atoms with Crippen molar-refractivity contribution in [3.63, 3.8) is 0 Å². The Kier molecular flexibility index (Phi) is 6.09. The maximum Gasteiger partial charge on any atom is 0.259 e. The summed E-state index contributed by atoms with van der Waals surface area (Å²) in [6.07, 6.45) is 4.66. The quantitative estimate of drug-likeness (QED) is 0.727. The zero-order valence-electron chi connectivity index (χ0n) is 17.7. The fraction of sp³-hybridized carbons (Fsp3) is 0.565. The Labute approximate surface area is 176 Å². The maximum atomic E-state index is 13.0. The second kappa shape index (κ2) is 8.76. The number of ether oxygens (including phenoxy) is 2. The number of hydrogen-bond acceptors (Lipinski definition) is 5. The molecule has 4 rings (SSSR count). The molecule has 6 nitrogen and oxygen atoms in total. The first-order valence-electron chi connectivity index (χ1n) is 10.7. The first-order valence-corrected chi connectivity index (χ1v) is 10.7. The summed E-state index contributed by atoms with van der Waals surface area (Å²) in [5, 5.41) is 3.90. The molecule has 7 heteroatoms. The van der Waals surface area contributed by atoms with Gasteiger partial charge in [-0.05, 0) is 76.1 Å². The molecule has 0 bridgehead atoms. The summed E-state index contributed by atoms with van der Waals surface area (Å²) in [7, 11) is 0. The molecular weight excluding hydrogens is 387 g/mol. The largest absolute Gasteiger partial charge is 0.494 e. The van der Waals surface area contributed by atoms with Crippen molar-refractivity contribution >= 4 is 5.91 Å². The Balaban J connectivity index is 1.28. The summed E-state index contributed by atoms with van der Waals surface area (Å²) in [6.45, 7) is 6.31. The lowest BCUT2D eigenvalue weighted by molar-refractivity contribution is -0.125. The van der Waals surface area contributed by atoms with Gasteiger partial charge in [0.1, 0.15) is 22.9 Å². The van der Waals surface area contributed by atoms with Crippen LogP contribution in [-0.4, -0.2) is 47.9 Å². The molecule has 1 atom stereocenters. The fourth-order valence-electron chi connectivity index (χ4n) is 4.66. The molecule has 30 heavy (non-hydrogen) atoms. The zero-order valence-corrected chi connectivity index (χ0v) is 17.7. The highest BCUT2D eigenvalue weighted by atomic mass is 19.1. The van der Waals surface area contributed by atoms with Crippen LogP contribution in [0.15, 0.2) is 28.8 Å². The van der Waals surface area contributed by atoms with Gasteiger partial charge in [0.25, 0.3) is 5.91 Å². The van der Waals surface area contributed by atoms with Gasteiger partial charge in [0.05, 0.1) is 17.9 Å². The van der Waals surface area contributed by atoms with E-state index in [-0.39, 0.29) is 17.3 Å². The number of aromatic nitrogens is 1. The van der Waals surface area contributed by atoms with Crippen LogP contribution in [0.5, 0.6) is 5.75 Å². The maximum absolute atomic E-state index is 13.0. The molecule has 2 aromatic rings. The predicted molar refractivity (Wildman–Crippen MR) is 109 cm³/mol. The Morgan fingerprint density at radius 3 is 2.67 bits per heavy atom. The molecule has 2 aliphatic rings. The summed E-state index contributed by atoms with van der Waals surface area (Å²) >= 11 is 0. The number of benzene rings is 1. The summed E-state index contributed by atoms with van der Waals surface area (Å²) in [5.74, 6) is 1.55. The Bertz CT molecular complexity index is 852. The van der Waals surface area contributed by atoms with E-state index in [9.17, 15) is 9.18 Å². The molecule has 1 unspecified atom stereocenters. The number of aryl methyl sites for hydroxylation is 2. The first-order chi connectivity index (χ1) is 14.5. The van der Waals surface area contributed by atoms with E-state index in [0.29, 0.717) is 48.4 Å². The van der Waals surface area contributed by atoms with Gasteiger partial charge in [-0.3, -0.25) is 4.79 Å². The number of halogens is 1. The predicted octanol–water partition coefficient (Wildman–Crippen LogP) is 4.30. The van der Waals surface area contributed by atoms with Gasteiger partial charge in [0, 0.05) is 19.7 Å². The molecule has 1 spiro atoms. The summed E-state index contributed by atoms with van der Waals surface area (Å²) in [5.41, 5.74) is 1.09. The minimum atomic E-state index is -0.257. The first kappa shape index (κ1) is 20.8. The van der Waals surface area contributed by atoms with Gasteiger partial charge < -0.3 is 18.9 Å². The summed E-state index contributed by atoms with van der Waals surface area (Å²) in [4.78, 5) is 14.8. The van der Waals surface area contributed by atoms with Crippen LogP contribution in [0.2, 0.25) is 0 Å². The third kappa shape index (κ3) is 4.51. The zero-order chi connectivity index (χ0) is 21.1. The van der Waals surface area contributed by atoms with Gasteiger partial charge in [0.2, 0.25) is 0 Å². The van der Waals surface area contributed by atoms with E-state index in [1.807, 2.05) is 4.90 Å². The topological polar surface area (TPSA) is 64.8 Å². The van der Waals surface area contributed by atoms with Crippen LogP contribution in [0.1, 0.15) is 53.9 Å². The molecule has 1 amide bonds. The smallest absolute Gasteiger partial charge is 0.259 e. The molecular formula is C23H29FN2O4. The van der Waals surface area contributed by atoms with E-state index in [4.69, 9.17) is 14.0 Å². The highest BCUT2D eigenvalue weighted by Gasteiger charge is 2.41. The highest BCUT2D eigenvalue weighted by molar-refractivity contribution is 5.96. The molecule has 1 aromatic carbocycles. The summed E-state index contributed by atoms with van der Waals surface area (Å²) in [6, 6.07) is 6.14. The second-order valence-electron chi connectivity index (χ2n) is 8.47. The third-order valence-corrected chi connectivity index (χ3v) is 6.41. The average Bonchev–Trinajstić information content (AvgIpc) is 3.08. The van der Waals surface area contributed by atoms with E-state index in [0.717, 1.165) is 38.7 Å². The van der Waals surface area contributed by atoms with Crippen LogP contribution >= 0.6 is 0 Å². The molecule has 2 fully saturated rings. The van der Waals surface area contributed by atoms with Crippen molar-refractivity contribution in [3.8, 4) is 5.75 Å². The lowest BCUT2D eigenvalue weighted by Gasteiger charge is -2.46. The van der Waals surface area contributed by atoms with Crippen LogP contribution < -0.4 is 4.74 Å². The highest BCUT2D eigenvalue weighted by Crippen LogP contribution is 2.39. The van der Waals surface area contributed by atoms with Crippen molar-refractivity contribution < 1.29 is 23.2 Å². The number of carbonyl (C=O) groups excluding carboxylic acids is 1. The Hall–Kier alpha value is -2.41. The standard InChI is InChI=1S/C23H29FN2O4/c1-16-21(17(2)30-25-16)22(27)26-11-9-23(10-12-26)15-18(8-14-29-23)7-13-28-20-5-3-19(24)4-6-20/h3-6,18H,7-15H2,1-2H3. The number of piperidine rings is 1. The monoisotopic (exact) mass is 416 g/mol. The van der Waals surface area contributed by atoms with Crippen molar-refractivity contribution in [2.75, 3.05) is 26.3 Å². The molecule has 0 radical (unpaired) electrons. The van der Waals surface area contributed by atoms with Gasteiger partial charge in [-0.2, -0.15) is 0 Å². The summed E-state index contributed by atoms with van der Waals surface area (Å²) < 4.78 is 30.2. The normalized spacial score (nSPS) is 21.0. The number of amides is 1. The fourth-order valence-corrected chi connectivity index (χ4v) is 4.66. The van der Waals surface area contributed by atoms with Gasteiger partial charge >= 0.3 is 0 Å². The van der Waals surface area contributed by atoms with Crippen molar-refractivity contribution in [3.05, 3.63) is 47.1 Å². The van der Waals surface area contributed by atoms with Crippen LogP contribution in [0.4, 0.5) is 4.39 Å². The van der Waals surface area contributed by atoms with Gasteiger partial charge in [-0.25, -0.2) is 4.39 Å². The molecule has 1 aromatic heterocycles. The van der Waals surface area contributed by atoms with Crippen molar-refractivity contribution in [2.24, 2.45) is 5.92 Å². The minimum Gasteiger partial charge on any atom is -0.494 e. The molecule has 2 aliphatic heterocycles. The average molecular weight is 416 g/mol. The Morgan fingerprint density at radius 1 is 1.27 bits per heavy atom. The third-order valence-electron chi connectivity index (χ3n) is 6.41. The van der Waals surface area contributed by atoms with E-state index >= 15 is 0 Å². The Morgan fingerprint density at radius 2 is 2.00 bits per heavy atom. The number of rotatable bonds is 5. The van der Waals surface area contributed by atoms with Crippen molar-refractivity contribution in [1.82, 2.24) is 10.1 Å². The van der Waals surface area contributed by atoms with E-state index in [1.165, 1.54) is 12.1 Å². The van der Waals surface area contributed by atoms with Gasteiger partial charge in [0.15, 0.2) is 0 Å². The minimum absolute atomic E-state index is 0.00107. The van der Waals surface area contributed by atoms with Crippen LogP contribution in [0.3, 0.4) is 0 Å².